The summed E-state index contributed by atoms with van der Waals surface area (Å²) in [6, 6.07) is 1.43. The number of rotatable bonds is 2. The molecule has 1 aromatic rings. The van der Waals surface area contributed by atoms with Crippen molar-refractivity contribution in [2.45, 2.75) is 0 Å². The lowest BCUT2D eigenvalue weighted by Gasteiger charge is -1.90. The van der Waals surface area contributed by atoms with E-state index in [1.165, 1.54) is 18.5 Å². The zero-order valence-corrected chi connectivity index (χ0v) is 5.12. The number of carbonyl (C=O) groups is 1. The second-order valence-electron chi connectivity index (χ2n) is 1.69. The molecule has 0 unspecified atom stereocenters. The summed E-state index contributed by atoms with van der Waals surface area (Å²) in [5.74, 6) is -0.560. The first-order chi connectivity index (χ1) is 4.84. The minimum Gasteiger partial charge on any atom is -0.291 e. The van der Waals surface area contributed by atoms with Crippen LogP contribution in [0.2, 0.25) is 0 Å². The van der Waals surface area contributed by atoms with Crippen molar-refractivity contribution in [1.82, 2.24) is 10.2 Å². The highest BCUT2D eigenvalue weighted by Crippen LogP contribution is 1.95. The average molecular weight is 140 g/mol. The molecule has 0 aliphatic heterocycles. The fourth-order valence-electron chi connectivity index (χ4n) is 0.533. The lowest BCUT2D eigenvalue weighted by atomic mass is 10.2. The molecular formula is C6H5FN2O. The van der Waals surface area contributed by atoms with Gasteiger partial charge in [0, 0.05) is 5.56 Å². The lowest BCUT2D eigenvalue weighted by molar-refractivity contribution is 0.0958. The van der Waals surface area contributed by atoms with Gasteiger partial charge < -0.3 is 0 Å². The van der Waals surface area contributed by atoms with E-state index in [1.54, 1.807) is 0 Å². The molecule has 52 valence electrons. The molecule has 0 fully saturated rings. The molecule has 10 heavy (non-hydrogen) atoms. The molecule has 0 bridgehead atoms. The van der Waals surface area contributed by atoms with Crippen LogP contribution in [0.3, 0.4) is 0 Å². The van der Waals surface area contributed by atoms with Crippen molar-refractivity contribution in [2.75, 3.05) is 6.67 Å². The third-order valence-electron chi connectivity index (χ3n) is 1.03. The highest BCUT2D eigenvalue weighted by molar-refractivity contribution is 5.96. The molecule has 1 heterocycles. The Kier molecular flexibility index (Phi) is 2.04. The first-order valence-electron chi connectivity index (χ1n) is 2.70. The van der Waals surface area contributed by atoms with E-state index >= 15 is 0 Å². The average Bonchev–Trinajstić information content (AvgIpc) is 2.05. The van der Waals surface area contributed by atoms with E-state index in [1.807, 2.05) is 0 Å². The summed E-state index contributed by atoms with van der Waals surface area (Å²) >= 11 is 0. The maximum Gasteiger partial charge on any atom is 0.195 e. The highest BCUT2D eigenvalue weighted by atomic mass is 19.1. The van der Waals surface area contributed by atoms with Crippen LogP contribution in [-0.2, 0) is 0 Å². The van der Waals surface area contributed by atoms with Crippen molar-refractivity contribution < 1.29 is 9.18 Å². The van der Waals surface area contributed by atoms with Crippen LogP contribution in [0.1, 0.15) is 10.4 Å². The molecule has 0 aliphatic rings. The van der Waals surface area contributed by atoms with Gasteiger partial charge in [-0.2, -0.15) is 10.2 Å². The number of hydrogen-bond acceptors (Lipinski definition) is 3. The van der Waals surface area contributed by atoms with E-state index in [9.17, 15) is 9.18 Å². The highest BCUT2D eigenvalue weighted by Gasteiger charge is 2.02. The molecule has 0 spiro atoms. The number of nitrogens with zero attached hydrogens (tertiary/aromatic N) is 2. The second-order valence-corrected chi connectivity index (χ2v) is 1.69. The predicted molar refractivity (Wildman–Crippen MR) is 32.3 cm³/mol. The number of halogens is 1. The SMILES string of the molecule is O=C(CF)c1ccnnc1. The fourth-order valence-corrected chi connectivity index (χ4v) is 0.533. The fraction of sp³-hybridized carbons (Fsp3) is 0.167. The summed E-state index contributed by atoms with van der Waals surface area (Å²) in [4.78, 5) is 10.6. The van der Waals surface area contributed by atoms with Gasteiger partial charge in [-0.3, -0.25) is 4.79 Å². The van der Waals surface area contributed by atoms with Crippen LogP contribution in [0, 0.1) is 0 Å². The number of alkyl halides is 1. The quantitative estimate of drug-likeness (QED) is 0.566. The second kappa shape index (κ2) is 3.00. The number of Topliss-reactive ketones (excluding diaryl/α,β-unsaturated/α-hetero) is 1. The van der Waals surface area contributed by atoms with Gasteiger partial charge in [0.1, 0.15) is 0 Å². The van der Waals surface area contributed by atoms with Crippen molar-refractivity contribution in [3.63, 3.8) is 0 Å². The third-order valence-corrected chi connectivity index (χ3v) is 1.03. The largest absolute Gasteiger partial charge is 0.291 e. The smallest absolute Gasteiger partial charge is 0.195 e. The van der Waals surface area contributed by atoms with Crippen LogP contribution in [0.15, 0.2) is 18.5 Å². The van der Waals surface area contributed by atoms with Crippen LogP contribution in [0.25, 0.3) is 0 Å². The van der Waals surface area contributed by atoms with E-state index in [0.717, 1.165) is 0 Å². The molecule has 0 aliphatic carbocycles. The van der Waals surface area contributed by atoms with Crippen LogP contribution in [0.4, 0.5) is 4.39 Å². The number of aromatic nitrogens is 2. The molecule has 0 saturated carbocycles. The Morgan fingerprint density at radius 2 is 2.40 bits per heavy atom. The molecule has 0 saturated heterocycles. The standard InChI is InChI=1S/C6H5FN2O/c7-3-6(10)5-1-2-8-9-4-5/h1-2,4H,3H2. The van der Waals surface area contributed by atoms with Gasteiger partial charge in [0.05, 0.1) is 12.4 Å². The Morgan fingerprint density at radius 3 is 2.90 bits per heavy atom. The van der Waals surface area contributed by atoms with E-state index < -0.39 is 12.5 Å². The Bertz CT molecular complexity index is 224. The maximum atomic E-state index is 11.7. The van der Waals surface area contributed by atoms with Crippen molar-refractivity contribution in [3.8, 4) is 0 Å². The van der Waals surface area contributed by atoms with Gasteiger partial charge in [0.15, 0.2) is 12.5 Å². The van der Waals surface area contributed by atoms with Crippen LogP contribution < -0.4 is 0 Å². The Balaban J connectivity index is 2.85. The Morgan fingerprint density at radius 1 is 1.60 bits per heavy atom. The molecule has 0 aromatic carbocycles. The zero-order chi connectivity index (χ0) is 7.40. The van der Waals surface area contributed by atoms with E-state index in [-0.39, 0.29) is 5.56 Å². The van der Waals surface area contributed by atoms with Crippen molar-refractivity contribution in [3.05, 3.63) is 24.0 Å². The molecular weight excluding hydrogens is 135 g/mol. The molecule has 4 heteroatoms. The molecule has 0 atom stereocenters. The molecule has 0 amide bonds. The summed E-state index contributed by atoms with van der Waals surface area (Å²) in [5.41, 5.74) is 0.262. The van der Waals surface area contributed by atoms with Crippen molar-refractivity contribution >= 4 is 5.78 Å². The van der Waals surface area contributed by atoms with Gasteiger partial charge in [-0.1, -0.05) is 0 Å². The number of ketones is 1. The van der Waals surface area contributed by atoms with E-state index in [4.69, 9.17) is 0 Å². The topological polar surface area (TPSA) is 42.9 Å². The van der Waals surface area contributed by atoms with Crippen LogP contribution in [0.5, 0.6) is 0 Å². The summed E-state index contributed by atoms with van der Waals surface area (Å²) in [7, 11) is 0. The minimum atomic E-state index is -0.980. The summed E-state index contributed by atoms with van der Waals surface area (Å²) < 4.78 is 11.7. The maximum absolute atomic E-state index is 11.7. The van der Waals surface area contributed by atoms with E-state index in [0.29, 0.717) is 0 Å². The van der Waals surface area contributed by atoms with Crippen molar-refractivity contribution in [2.24, 2.45) is 0 Å². The van der Waals surface area contributed by atoms with Gasteiger partial charge in [-0.15, -0.1) is 0 Å². The molecule has 3 nitrogen and oxygen atoms in total. The Hall–Kier alpha value is -1.32. The lowest BCUT2D eigenvalue weighted by Crippen LogP contribution is -2.01. The van der Waals surface area contributed by atoms with Gasteiger partial charge in [-0.05, 0) is 6.07 Å². The molecule has 0 N–H and O–H groups in total. The summed E-state index contributed by atoms with van der Waals surface area (Å²) in [6.07, 6.45) is 2.59. The zero-order valence-electron chi connectivity index (χ0n) is 5.12. The third kappa shape index (κ3) is 1.34. The number of hydrogen-bond donors (Lipinski definition) is 0. The molecule has 1 aromatic heterocycles. The van der Waals surface area contributed by atoms with Crippen LogP contribution in [-0.4, -0.2) is 22.7 Å². The normalized spacial score (nSPS) is 9.30. The van der Waals surface area contributed by atoms with Gasteiger partial charge in [-0.25, -0.2) is 4.39 Å². The van der Waals surface area contributed by atoms with Gasteiger partial charge in [0.2, 0.25) is 0 Å². The van der Waals surface area contributed by atoms with E-state index in [2.05, 4.69) is 10.2 Å². The molecule has 0 radical (unpaired) electrons. The minimum absolute atomic E-state index is 0.262. The monoisotopic (exact) mass is 140 g/mol. The van der Waals surface area contributed by atoms with Gasteiger partial charge in [0.25, 0.3) is 0 Å². The molecule has 1 rings (SSSR count). The first kappa shape index (κ1) is 6.80. The summed E-state index contributed by atoms with van der Waals surface area (Å²) in [5, 5.41) is 6.85. The first-order valence-corrected chi connectivity index (χ1v) is 2.70. The summed E-state index contributed by atoms with van der Waals surface area (Å²) in [6.45, 7) is -0.980. The van der Waals surface area contributed by atoms with Crippen LogP contribution >= 0.6 is 0 Å². The van der Waals surface area contributed by atoms with Crippen molar-refractivity contribution in [1.29, 1.82) is 0 Å². The van der Waals surface area contributed by atoms with Gasteiger partial charge >= 0.3 is 0 Å². The predicted octanol–water partition coefficient (Wildman–Crippen LogP) is 0.629. The Labute approximate surface area is 56.9 Å². The number of carbonyl (C=O) groups excluding carboxylic acids is 1.